The Labute approximate surface area is 202 Å². The number of anilines is 1. The number of benzene rings is 2. The first-order valence-electron chi connectivity index (χ1n) is 11.0. The van der Waals surface area contributed by atoms with Crippen LogP contribution in [0.4, 0.5) is 5.69 Å². The minimum atomic E-state index is -0.744. The van der Waals surface area contributed by atoms with Gasteiger partial charge in [0.25, 0.3) is 5.56 Å². The molecule has 0 fully saturated rings. The summed E-state index contributed by atoms with van der Waals surface area (Å²) in [6.45, 7) is 5.88. The fraction of sp³-hybridized carbons (Fsp3) is 0.269. The molecule has 34 heavy (non-hydrogen) atoms. The van der Waals surface area contributed by atoms with Gasteiger partial charge in [-0.25, -0.2) is 4.98 Å². The van der Waals surface area contributed by atoms with Crippen molar-refractivity contribution in [2.24, 2.45) is 0 Å². The molecule has 4 rings (SSSR count). The number of hydrogen-bond donors (Lipinski definition) is 1. The van der Waals surface area contributed by atoms with Crippen molar-refractivity contribution in [3.05, 3.63) is 69.6 Å². The molecular formula is C26H27N3O4S. The first-order chi connectivity index (χ1) is 16.4. The zero-order valence-electron chi connectivity index (χ0n) is 19.8. The van der Waals surface area contributed by atoms with E-state index in [1.54, 1.807) is 25.3 Å². The predicted molar refractivity (Wildman–Crippen MR) is 136 cm³/mol. The predicted octanol–water partition coefficient (Wildman–Crippen LogP) is 5.35. The van der Waals surface area contributed by atoms with Crippen molar-refractivity contribution in [3.8, 4) is 22.6 Å². The quantitative estimate of drug-likeness (QED) is 0.388. The van der Waals surface area contributed by atoms with Gasteiger partial charge >= 0.3 is 0 Å². The molecule has 1 amide bonds. The maximum atomic E-state index is 13.7. The topological polar surface area (TPSA) is 82.4 Å². The normalized spacial score (nSPS) is 11.9. The third-order valence-corrected chi connectivity index (χ3v) is 6.86. The van der Waals surface area contributed by atoms with Crippen LogP contribution >= 0.6 is 11.3 Å². The second kappa shape index (κ2) is 9.69. The summed E-state index contributed by atoms with van der Waals surface area (Å²) in [7, 11) is 3.08. The van der Waals surface area contributed by atoms with E-state index in [1.165, 1.54) is 29.3 Å². The van der Waals surface area contributed by atoms with Gasteiger partial charge < -0.3 is 14.8 Å². The Morgan fingerprint density at radius 1 is 1.12 bits per heavy atom. The maximum Gasteiger partial charge on any atom is 0.263 e. The molecule has 2 aromatic carbocycles. The van der Waals surface area contributed by atoms with E-state index in [0.29, 0.717) is 33.8 Å². The number of nitrogens with one attached hydrogen (secondary N) is 1. The van der Waals surface area contributed by atoms with Gasteiger partial charge in [0, 0.05) is 16.5 Å². The van der Waals surface area contributed by atoms with Crippen molar-refractivity contribution in [3.63, 3.8) is 0 Å². The summed E-state index contributed by atoms with van der Waals surface area (Å²) in [6.07, 6.45) is 1.88. The lowest BCUT2D eigenvalue weighted by Gasteiger charge is -2.19. The molecule has 2 heterocycles. The van der Waals surface area contributed by atoms with Gasteiger partial charge in [-0.15, -0.1) is 11.3 Å². The lowest BCUT2D eigenvalue weighted by Crippen LogP contribution is -2.33. The van der Waals surface area contributed by atoms with Crippen molar-refractivity contribution in [1.29, 1.82) is 0 Å². The molecular weight excluding hydrogens is 450 g/mol. The Kier molecular flexibility index (Phi) is 6.70. The number of aromatic nitrogens is 2. The fourth-order valence-corrected chi connectivity index (χ4v) is 5.04. The minimum absolute atomic E-state index is 0.232. The molecule has 1 atom stereocenters. The molecule has 0 radical (unpaired) electrons. The molecule has 1 N–H and O–H groups in total. The SMILES string of the molecule is CCC(C(=O)Nc1cc(OC)ccc1OC)n1cnc2sc(C)c(-c3ccc(C)cc3)c2c1=O. The molecule has 2 aromatic heterocycles. The summed E-state index contributed by atoms with van der Waals surface area (Å²) in [6, 6.07) is 12.5. The van der Waals surface area contributed by atoms with Gasteiger partial charge in [-0.3, -0.25) is 14.2 Å². The molecule has 4 aromatic rings. The molecule has 0 aliphatic carbocycles. The summed E-state index contributed by atoms with van der Waals surface area (Å²) in [5.74, 6) is 0.752. The molecule has 0 aliphatic rings. The van der Waals surface area contributed by atoms with E-state index in [4.69, 9.17) is 9.47 Å². The third kappa shape index (κ3) is 4.28. The van der Waals surface area contributed by atoms with Crippen LogP contribution in [0.1, 0.15) is 29.8 Å². The van der Waals surface area contributed by atoms with Crippen LogP contribution in [0.5, 0.6) is 11.5 Å². The highest BCUT2D eigenvalue weighted by Gasteiger charge is 2.24. The third-order valence-electron chi connectivity index (χ3n) is 5.84. The second-order valence-corrected chi connectivity index (χ2v) is 9.22. The van der Waals surface area contributed by atoms with Gasteiger partial charge in [-0.05, 0) is 38.0 Å². The Hall–Kier alpha value is -3.65. The summed E-state index contributed by atoms with van der Waals surface area (Å²) in [4.78, 5) is 33.2. The molecule has 0 saturated carbocycles. The van der Waals surface area contributed by atoms with E-state index in [2.05, 4.69) is 10.3 Å². The number of aryl methyl sites for hydroxylation is 2. The number of methoxy groups -OCH3 is 2. The smallest absolute Gasteiger partial charge is 0.263 e. The highest BCUT2D eigenvalue weighted by molar-refractivity contribution is 7.19. The standard InChI is InChI=1S/C26H27N3O4S/c1-6-20(24(30)28-19-13-18(32-4)11-12-21(19)33-5)29-14-27-25-23(26(29)31)22(16(3)34-25)17-9-7-15(2)8-10-17/h7-14,20H,6H2,1-5H3,(H,28,30). The molecule has 0 spiro atoms. The van der Waals surface area contributed by atoms with Crippen LogP contribution in [0.3, 0.4) is 0 Å². The van der Waals surface area contributed by atoms with Crippen molar-refractivity contribution in [2.45, 2.75) is 33.2 Å². The summed E-state index contributed by atoms with van der Waals surface area (Å²) in [5.41, 5.74) is 3.22. The zero-order valence-corrected chi connectivity index (χ0v) is 20.7. The van der Waals surface area contributed by atoms with Gasteiger partial charge in [0.2, 0.25) is 5.91 Å². The second-order valence-electron chi connectivity index (χ2n) is 8.02. The van der Waals surface area contributed by atoms with Gasteiger partial charge in [0.05, 0.1) is 31.6 Å². The number of fused-ring (bicyclic) bond motifs is 1. The number of carbonyl (C=O) groups is 1. The lowest BCUT2D eigenvalue weighted by molar-refractivity contribution is -0.119. The van der Waals surface area contributed by atoms with Gasteiger partial charge in [0.1, 0.15) is 22.4 Å². The number of rotatable bonds is 7. The average Bonchev–Trinajstić information content (AvgIpc) is 3.18. The van der Waals surface area contributed by atoms with Crippen LogP contribution in [-0.2, 0) is 4.79 Å². The highest BCUT2D eigenvalue weighted by atomic mass is 32.1. The Balaban J connectivity index is 1.77. The number of thiophene rings is 1. The fourth-order valence-electron chi connectivity index (χ4n) is 4.04. The number of nitrogens with zero attached hydrogens (tertiary/aromatic N) is 2. The van der Waals surface area contributed by atoms with Crippen molar-refractivity contribution >= 4 is 33.1 Å². The molecule has 0 saturated heterocycles. The van der Waals surface area contributed by atoms with Crippen LogP contribution < -0.4 is 20.3 Å². The van der Waals surface area contributed by atoms with Crippen molar-refractivity contribution in [2.75, 3.05) is 19.5 Å². The summed E-state index contributed by atoms with van der Waals surface area (Å²) < 4.78 is 12.1. The highest BCUT2D eigenvalue weighted by Crippen LogP contribution is 2.36. The van der Waals surface area contributed by atoms with Crippen LogP contribution in [-0.4, -0.2) is 29.7 Å². The lowest BCUT2D eigenvalue weighted by atomic mass is 10.0. The molecule has 176 valence electrons. The van der Waals surface area contributed by atoms with Gasteiger partial charge in [-0.1, -0.05) is 36.8 Å². The first-order valence-corrected chi connectivity index (χ1v) is 11.8. The van der Waals surface area contributed by atoms with Crippen molar-refractivity contribution < 1.29 is 14.3 Å². The van der Waals surface area contributed by atoms with Crippen LogP contribution in [0, 0.1) is 13.8 Å². The number of amides is 1. The Bertz CT molecular complexity index is 1410. The largest absolute Gasteiger partial charge is 0.497 e. The van der Waals surface area contributed by atoms with E-state index < -0.39 is 6.04 Å². The van der Waals surface area contributed by atoms with Crippen LogP contribution in [0.15, 0.2) is 53.6 Å². The molecule has 8 heteroatoms. The number of hydrogen-bond acceptors (Lipinski definition) is 6. The van der Waals surface area contributed by atoms with Crippen LogP contribution in [0.2, 0.25) is 0 Å². The summed E-state index contributed by atoms with van der Waals surface area (Å²) >= 11 is 1.48. The van der Waals surface area contributed by atoms with Gasteiger partial charge in [0.15, 0.2) is 0 Å². The van der Waals surface area contributed by atoms with E-state index in [0.717, 1.165) is 21.6 Å². The molecule has 0 bridgehead atoms. The maximum absolute atomic E-state index is 13.7. The zero-order chi connectivity index (χ0) is 24.4. The molecule has 7 nitrogen and oxygen atoms in total. The Morgan fingerprint density at radius 2 is 1.85 bits per heavy atom. The van der Waals surface area contributed by atoms with E-state index in [9.17, 15) is 9.59 Å². The van der Waals surface area contributed by atoms with Crippen molar-refractivity contribution in [1.82, 2.24) is 9.55 Å². The summed E-state index contributed by atoms with van der Waals surface area (Å²) in [5, 5.41) is 3.43. The Morgan fingerprint density at radius 3 is 2.50 bits per heavy atom. The van der Waals surface area contributed by atoms with E-state index in [1.807, 2.05) is 45.0 Å². The van der Waals surface area contributed by atoms with Crippen LogP contribution in [0.25, 0.3) is 21.3 Å². The molecule has 0 aliphatic heterocycles. The number of ether oxygens (including phenoxy) is 2. The minimum Gasteiger partial charge on any atom is -0.497 e. The van der Waals surface area contributed by atoms with E-state index in [-0.39, 0.29) is 11.5 Å². The average molecular weight is 478 g/mol. The van der Waals surface area contributed by atoms with E-state index >= 15 is 0 Å². The molecule has 1 unspecified atom stereocenters. The van der Waals surface area contributed by atoms with Gasteiger partial charge in [-0.2, -0.15) is 0 Å². The monoisotopic (exact) mass is 477 g/mol. The number of carbonyl (C=O) groups excluding carboxylic acids is 1. The first kappa shape index (κ1) is 23.5.